The average Bonchev–Trinajstić information content (AvgIpc) is 3.64. The first-order valence-corrected chi connectivity index (χ1v) is 16.7. The van der Waals surface area contributed by atoms with Crippen LogP contribution in [0.15, 0.2) is 188 Å². The molecule has 0 heterocycles. The van der Waals surface area contributed by atoms with Crippen LogP contribution >= 0.6 is 0 Å². The zero-order valence-corrected chi connectivity index (χ0v) is 26.3. The molecule has 0 saturated carbocycles. The number of hydrogen-bond acceptors (Lipinski definition) is 1. The molecule has 0 amide bonds. The number of para-hydroxylation sites is 1. The Morgan fingerprint density at radius 2 is 0.854 bits per heavy atom. The maximum absolute atomic E-state index is 2.46. The quantitative estimate of drug-likeness (QED) is 0.192. The van der Waals surface area contributed by atoms with Crippen molar-refractivity contribution in [2.45, 2.75) is 5.41 Å². The Morgan fingerprint density at radius 3 is 1.52 bits per heavy atom. The van der Waals surface area contributed by atoms with Crippen LogP contribution < -0.4 is 4.90 Å². The van der Waals surface area contributed by atoms with Gasteiger partial charge in [-0.2, -0.15) is 0 Å². The van der Waals surface area contributed by atoms with Gasteiger partial charge in [-0.05, 0) is 91.2 Å². The van der Waals surface area contributed by atoms with Crippen molar-refractivity contribution < 1.29 is 0 Å². The second kappa shape index (κ2) is 10.4. The van der Waals surface area contributed by atoms with Crippen molar-refractivity contribution in [1.82, 2.24) is 0 Å². The molecule has 48 heavy (non-hydrogen) atoms. The fraction of sp³-hybridized carbons (Fsp3) is 0.0213. The summed E-state index contributed by atoms with van der Waals surface area (Å²) in [6.07, 6.45) is 0. The van der Waals surface area contributed by atoms with Crippen molar-refractivity contribution >= 4 is 27.8 Å². The van der Waals surface area contributed by atoms with Gasteiger partial charge in [0.2, 0.25) is 0 Å². The van der Waals surface area contributed by atoms with Crippen molar-refractivity contribution in [2.24, 2.45) is 0 Å². The standard InChI is InChI=1S/C47H31N/c1-3-15-32(16-4-1)33-27-29-36(30-28-33)48(35-18-5-2-6-19-35)44-31-34-17-7-8-20-37(34)46-45(44)40-23-11-14-26-43(40)47(46)41-24-12-9-21-38(41)39-22-10-13-25-42(39)47/h1-31H. The molecule has 1 nitrogen and oxygen atoms in total. The van der Waals surface area contributed by atoms with Gasteiger partial charge in [0.15, 0.2) is 0 Å². The van der Waals surface area contributed by atoms with Crippen molar-refractivity contribution in [3.05, 3.63) is 210 Å². The summed E-state index contributed by atoms with van der Waals surface area (Å²) in [5.74, 6) is 0. The van der Waals surface area contributed by atoms with E-state index in [0.29, 0.717) is 0 Å². The summed E-state index contributed by atoms with van der Waals surface area (Å²) in [4.78, 5) is 2.46. The lowest BCUT2D eigenvalue weighted by Gasteiger charge is -2.33. The van der Waals surface area contributed by atoms with Crippen LogP contribution in [0.3, 0.4) is 0 Å². The van der Waals surface area contributed by atoms with Crippen LogP contribution in [0.5, 0.6) is 0 Å². The summed E-state index contributed by atoms with van der Waals surface area (Å²) >= 11 is 0. The topological polar surface area (TPSA) is 3.24 Å². The van der Waals surface area contributed by atoms with E-state index in [0.717, 1.165) is 11.4 Å². The zero-order chi connectivity index (χ0) is 31.7. The monoisotopic (exact) mass is 609 g/mol. The van der Waals surface area contributed by atoms with E-state index in [4.69, 9.17) is 0 Å². The van der Waals surface area contributed by atoms with E-state index in [1.54, 1.807) is 0 Å². The summed E-state index contributed by atoms with van der Waals surface area (Å²) in [6, 6.07) is 69.1. The second-order valence-corrected chi connectivity index (χ2v) is 12.8. The van der Waals surface area contributed by atoms with Gasteiger partial charge in [0, 0.05) is 16.9 Å². The van der Waals surface area contributed by atoms with Crippen molar-refractivity contribution in [3.63, 3.8) is 0 Å². The molecule has 0 aliphatic heterocycles. The largest absolute Gasteiger partial charge is 0.310 e. The lowest BCUT2D eigenvalue weighted by molar-refractivity contribution is 0.801. The molecule has 0 radical (unpaired) electrons. The van der Waals surface area contributed by atoms with Gasteiger partial charge < -0.3 is 4.90 Å². The third-order valence-corrected chi connectivity index (χ3v) is 10.4. The number of hydrogen-bond donors (Lipinski definition) is 0. The maximum atomic E-state index is 2.46. The summed E-state index contributed by atoms with van der Waals surface area (Å²) in [6.45, 7) is 0. The molecule has 0 aromatic heterocycles. The first-order chi connectivity index (χ1) is 23.8. The second-order valence-electron chi connectivity index (χ2n) is 12.8. The Balaban J connectivity index is 1.33. The highest BCUT2D eigenvalue weighted by Gasteiger charge is 2.53. The smallest absolute Gasteiger partial charge is 0.0732 e. The molecule has 0 fully saturated rings. The molecule has 10 rings (SSSR count). The molecular formula is C47H31N. The summed E-state index contributed by atoms with van der Waals surface area (Å²) in [5, 5.41) is 2.54. The fourth-order valence-corrected chi connectivity index (χ4v) is 8.57. The Morgan fingerprint density at radius 1 is 0.375 bits per heavy atom. The minimum absolute atomic E-state index is 0.436. The number of rotatable bonds is 4. The molecule has 8 aromatic carbocycles. The Hall–Kier alpha value is -6.18. The van der Waals surface area contributed by atoms with E-state index in [2.05, 4.69) is 193 Å². The van der Waals surface area contributed by atoms with Crippen molar-refractivity contribution in [2.75, 3.05) is 4.90 Å². The first-order valence-electron chi connectivity index (χ1n) is 16.7. The Labute approximate surface area is 281 Å². The number of benzene rings is 8. The molecule has 0 atom stereocenters. The third kappa shape index (κ3) is 3.67. The predicted molar refractivity (Wildman–Crippen MR) is 200 cm³/mol. The number of fused-ring (bicyclic) bond motifs is 12. The molecule has 2 aliphatic rings. The van der Waals surface area contributed by atoms with Gasteiger partial charge in [-0.1, -0.05) is 158 Å². The highest BCUT2D eigenvalue weighted by atomic mass is 15.1. The van der Waals surface area contributed by atoms with Crippen molar-refractivity contribution in [1.29, 1.82) is 0 Å². The SMILES string of the molecule is c1ccc(-c2ccc(N(c3ccccc3)c3cc4ccccc4c4c3-c3ccccc3C43c4ccccc4-c4ccccc43)cc2)cc1. The number of anilines is 3. The lowest BCUT2D eigenvalue weighted by atomic mass is 9.69. The van der Waals surface area contributed by atoms with E-state index in [1.165, 1.54) is 72.1 Å². The lowest BCUT2D eigenvalue weighted by Crippen LogP contribution is -2.26. The molecule has 1 heteroatoms. The highest BCUT2D eigenvalue weighted by Crippen LogP contribution is 2.66. The molecule has 0 N–H and O–H groups in total. The summed E-state index contributed by atoms with van der Waals surface area (Å²) in [7, 11) is 0. The minimum Gasteiger partial charge on any atom is -0.310 e. The van der Waals surface area contributed by atoms with E-state index < -0.39 is 5.41 Å². The van der Waals surface area contributed by atoms with E-state index >= 15 is 0 Å². The highest BCUT2D eigenvalue weighted by molar-refractivity contribution is 6.09. The summed E-state index contributed by atoms with van der Waals surface area (Å²) < 4.78 is 0. The summed E-state index contributed by atoms with van der Waals surface area (Å²) in [5.41, 5.74) is 16.1. The minimum atomic E-state index is -0.436. The van der Waals surface area contributed by atoms with Crippen molar-refractivity contribution in [3.8, 4) is 33.4 Å². The van der Waals surface area contributed by atoms with Gasteiger partial charge in [-0.25, -0.2) is 0 Å². The van der Waals surface area contributed by atoms with Gasteiger partial charge in [0.25, 0.3) is 0 Å². The first kappa shape index (κ1) is 27.0. The van der Waals surface area contributed by atoms with Gasteiger partial charge >= 0.3 is 0 Å². The fourth-order valence-electron chi connectivity index (χ4n) is 8.57. The van der Waals surface area contributed by atoms with Crippen LogP contribution in [0.1, 0.15) is 22.3 Å². The zero-order valence-electron chi connectivity index (χ0n) is 26.3. The molecule has 1 spiro atoms. The Bertz CT molecular complexity index is 2450. The van der Waals surface area contributed by atoms with Crippen LogP contribution in [0.4, 0.5) is 17.1 Å². The van der Waals surface area contributed by atoms with E-state index in [1.807, 2.05) is 0 Å². The molecule has 0 saturated heterocycles. The molecule has 224 valence electrons. The predicted octanol–water partition coefficient (Wildman–Crippen LogP) is 12.3. The van der Waals surface area contributed by atoms with Crippen LogP contribution in [0.25, 0.3) is 44.2 Å². The Kier molecular flexibility index (Phi) is 5.86. The molecular weight excluding hydrogens is 579 g/mol. The van der Waals surface area contributed by atoms with E-state index in [9.17, 15) is 0 Å². The van der Waals surface area contributed by atoms with Gasteiger partial charge in [0.05, 0.1) is 11.1 Å². The average molecular weight is 610 g/mol. The van der Waals surface area contributed by atoms with Gasteiger partial charge in [-0.15, -0.1) is 0 Å². The number of nitrogens with zero attached hydrogens (tertiary/aromatic N) is 1. The van der Waals surface area contributed by atoms with Crippen LogP contribution in [-0.2, 0) is 5.41 Å². The van der Waals surface area contributed by atoms with Crippen LogP contribution in [-0.4, -0.2) is 0 Å². The molecule has 0 bridgehead atoms. The van der Waals surface area contributed by atoms with Crippen LogP contribution in [0, 0.1) is 0 Å². The van der Waals surface area contributed by atoms with Gasteiger partial charge in [-0.3, -0.25) is 0 Å². The van der Waals surface area contributed by atoms with E-state index in [-0.39, 0.29) is 0 Å². The van der Waals surface area contributed by atoms with Gasteiger partial charge in [0.1, 0.15) is 0 Å². The van der Waals surface area contributed by atoms with Crippen LogP contribution in [0.2, 0.25) is 0 Å². The third-order valence-electron chi connectivity index (χ3n) is 10.4. The molecule has 8 aromatic rings. The normalized spacial score (nSPS) is 13.2. The maximum Gasteiger partial charge on any atom is 0.0732 e. The molecule has 0 unspecified atom stereocenters. The molecule has 2 aliphatic carbocycles.